The van der Waals surface area contributed by atoms with E-state index in [0.29, 0.717) is 0 Å². The summed E-state index contributed by atoms with van der Waals surface area (Å²) < 4.78 is 2.55. The second-order valence-electron chi connectivity index (χ2n) is 11.5. The van der Waals surface area contributed by atoms with Crippen molar-refractivity contribution in [3.8, 4) is 27.9 Å². The molecule has 7 aromatic rings. The summed E-state index contributed by atoms with van der Waals surface area (Å²) in [5, 5.41) is 2.67. The van der Waals surface area contributed by atoms with Gasteiger partial charge in [0.2, 0.25) is 0 Å². The van der Waals surface area contributed by atoms with E-state index in [-0.39, 0.29) is 6.85 Å². The van der Waals surface area contributed by atoms with E-state index >= 15 is 0 Å². The molecule has 0 amide bonds. The van der Waals surface area contributed by atoms with Gasteiger partial charge in [0.1, 0.15) is 0 Å². The Hall–Kier alpha value is -5.02. The Morgan fingerprint density at radius 3 is 2.15 bits per heavy atom. The number of benzene rings is 6. The topological polar surface area (TPSA) is 8.17 Å². The molecule has 0 fully saturated rings. The molecular weight excluding hydrogens is 495 g/mol. The number of aryl methyl sites for hydroxylation is 2. The van der Waals surface area contributed by atoms with Crippen molar-refractivity contribution in [1.82, 2.24) is 4.57 Å². The van der Waals surface area contributed by atoms with Crippen molar-refractivity contribution in [2.45, 2.75) is 13.8 Å². The van der Waals surface area contributed by atoms with Crippen molar-refractivity contribution in [2.75, 3.05) is 4.81 Å². The standard InChI is InChI=1S/C38H27BN2/c1-24-21-25(2)37-32(22-24)30-16-9-17-33-38(30)40(37)35-18-10-15-29-31-23-27(26-11-5-3-6-12-26)19-20-34(31)41(39(33)36(29)35)28-13-7-4-8-14-28/h3-23H,1-2H3. The van der Waals surface area contributed by atoms with E-state index in [1.165, 1.54) is 83.2 Å². The van der Waals surface area contributed by atoms with Crippen molar-refractivity contribution in [3.63, 3.8) is 0 Å². The third kappa shape index (κ3) is 3.04. The largest absolute Gasteiger partial charge is 0.376 e. The smallest absolute Gasteiger partial charge is 0.333 e. The molecule has 2 nitrogen and oxygen atoms in total. The maximum absolute atomic E-state index is 2.57. The van der Waals surface area contributed by atoms with Crippen LogP contribution in [0.1, 0.15) is 11.1 Å². The van der Waals surface area contributed by atoms with E-state index in [1.54, 1.807) is 0 Å². The normalized spacial score (nSPS) is 13.0. The van der Waals surface area contributed by atoms with E-state index in [0.717, 1.165) is 0 Å². The van der Waals surface area contributed by atoms with Crippen LogP contribution in [0.2, 0.25) is 0 Å². The summed E-state index contributed by atoms with van der Waals surface area (Å²) in [6.45, 7) is 4.54. The molecule has 0 N–H and O–H groups in total. The van der Waals surface area contributed by atoms with Crippen LogP contribution in [0.25, 0.3) is 49.7 Å². The van der Waals surface area contributed by atoms with Crippen LogP contribution >= 0.6 is 0 Å². The molecule has 2 aliphatic heterocycles. The number of nitrogens with zero attached hydrogens (tertiary/aromatic N) is 2. The third-order valence-electron chi connectivity index (χ3n) is 9.09. The van der Waals surface area contributed by atoms with Crippen LogP contribution in [0, 0.1) is 13.8 Å². The van der Waals surface area contributed by atoms with Crippen molar-refractivity contribution in [1.29, 1.82) is 0 Å². The van der Waals surface area contributed by atoms with Crippen LogP contribution in [0.4, 0.5) is 11.4 Å². The van der Waals surface area contributed by atoms with Crippen LogP contribution < -0.4 is 15.7 Å². The fourth-order valence-electron chi connectivity index (χ4n) is 7.55. The lowest BCUT2D eigenvalue weighted by Crippen LogP contribution is -2.60. The van der Waals surface area contributed by atoms with Crippen LogP contribution in [0.3, 0.4) is 0 Å². The highest BCUT2D eigenvalue weighted by atomic mass is 15.1. The summed E-state index contributed by atoms with van der Waals surface area (Å²) in [4.78, 5) is 2.57. The molecule has 0 spiro atoms. The molecule has 3 heterocycles. The van der Waals surface area contributed by atoms with Gasteiger partial charge in [0.05, 0.1) is 11.0 Å². The van der Waals surface area contributed by atoms with Gasteiger partial charge >= 0.3 is 6.85 Å². The molecule has 0 radical (unpaired) electrons. The van der Waals surface area contributed by atoms with E-state index < -0.39 is 0 Å². The second kappa shape index (κ2) is 8.25. The van der Waals surface area contributed by atoms with Gasteiger partial charge in [-0.1, -0.05) is 96.6 Å². The predicted octanol–water partition coefficient (Wildman–Crippen LogP) is 8.31. The van der Waals surface area contributed by atoms with Crippen molar-refractivity contribution < 1.29 is 0 Å². The van der Waals surface area contributed by atoms with Crippen LogP contribution in [0.15, 0.2) is 127 Å². The Labute approximate surface area is 240 Å². The molecule has 3 heteroatoms. The fourth-order valence-corrected chi connectivity index (χ4v) is 7.55. The molecule has 0 saturated carbocycles. The highest BCUT2D eigenvalue weighted by Crippen LogP contribution is 2.45. The van der Waals surface area contributed by atoms with Gasteiger partial charge in [-0.3, -0.25) is 0 Å². The monoisotopic (exact) mass is 522 g/mol. The SMILES string of the molecule is Cc1cc(C)c2c(c1)c1cccc3c1n2-c1cccc2c1B3N(c1ccccc1)c1ccc(-c3ccccc3)cc1-2. The fraction of sp³-hybridized carbons (Fsp3) is 0.0526. The number of hydrogen-bond acceptors (Lipinski definition) is 1. The lowest BCUT2D eigenvalue weighted by atomic mass is 9.44. The first-order valence-corrected chi connectivity index (χ1v) is 14.4. The average Bonchev–Trinajstić information content (AvgIpc) is 3.35. The molecule has 0 atom stereocenters. The van der Waals surface area contributed by atoms with Gasteiger partial charge in [-0.2, -0.15) is 0 Å². The number of fused-ring (bicyclic) bond motifs is 7. The summed E-state index contributed by atoms with van der Waals surface area (Å²) in [6.07, 6.45) is 0. The van der Waals surface area contributed by atoms with Gasteiger partial charge < -0.3 is 9.38 Å². The molecule has 2 aliphatic rings. The first kappa shape index (κ1) is 22.8. The number of anilines is 2. The third-order valence-corrected chi connectivity index (χ3v) is 9.09. The first-order valence-electron chi connectivity index (χ1n) is 14.4. The summed E-state index contributed by atoms with van der Waals surface area (Å²) in [7, 11) is 0. The summed E-state index contributed by atoms with van der Waals surface area (Å²) in [6, 6.07) is 47.2. The van der Waals surface area contributed by atoms with Crippen molar-refractivity contribution in [2.24, 2.45) is 0 Å². The van der Waals surface area contributed by atoms with Crippen LogP contribution in [-0.2, 0) is 0 Å². The van der Waals surface area contributed by atoms with Crippen LogP contribution in [-0.4, -0.2) is 11.4 Å². The minimum absolute atomic E-state index is 0.0700. The molecule has 1 aromatic heterocycles. The van der Waals surface area contributed by atoms with Gasteiger partial charge in [0.15, 0.2) is 0 Å². The maximum atomic E-state index is 2.57. The van der Waals surface area contributed by atoms with E-state index in [4.69, 9.17) is 0 Å². The van der Waals surface area contributed by atoms with E-state index in [9.17, 15) is 0 Å². The molecular formula is C38H27BN2. The zero-order chi connectivity index (χ0) is 27.2. The number of hydrogen-bond donors (Lipinski definition) is 0. The Morgan fingerprint density at radius 1 is 0.537 bits per heavy atom. The minimum atomic E-state index is 0.0700. The molecule has 0 saturated heterocycles. The minimum Gasteiger partial charge on any atom is -0.376 e. The van der Waals surface area contributed by atoms with E-state index in [2.05, 4.69) is 151 Å². The molecule has 192 valence electrons. The number of aromatic nitrogens is 1. The number of rotatable bonds is 2. The van der Waals surface area contributed by atoms with Gasteiger partial charge in [-0.15, -0.1) is 0 Å². The quantitative estimate of drug-likeness (QED) is 0.207. The second-order valence-corrected chi connectivity index (χ2v) is 11.5. The average molecular weight is 522 g/mol. The Morgan fingerprint density at radius 2 is 1.32 bits per heavy atom. The van der Waals surface area contributed by atoms with Gasteiger partial charge in [-0.25, -0.2) is 0 Å². The summed E-state index contributed by atoms with van der Waals surface area (Å²) >= 11 is 0. The summed E-state index contributed by atoms with van der Waals surface area (Å²) in [5.74, 6) is 0. The van der Waals surface area contributed by atoms with Gasteiger partial charge in [0, 0.05) is 33.4 Å². The van der Waals surface area contributed by atoms with Crippen molar-refractivity contribution in [3.05, 3.63) is 139 Å². The molecule has 9 rings (SSSR count). The lowest BCUT2D eigenvalue weighted by Gasteiger charge is -2.42. The van der Waals surface area contributed by atoms with Crippen LogP contribution in [0.5, 0.6) is 0 Å². The number of para-hydroxylation sites is 2. The Kier molecular flexibility index (Phi) is 4.58. The predicted molar refractivity (Wildman–Crippen MR) is 175 cm³/mol. The zero-order valence-electron chi connectivity index (χ0n) is 23.1. The molecule has 0 aliphatic carbocycles. The maximum Gasteiger partial charge on any atom is 0.333 e. The van der Waals surface area contributed by atoms with Gasteiger partial charge in [0.25, 0.3) is 0 Å². The molecule has 41 heavy (non-hydrogen) atoms. The Bertz CT molecular complexity index is 2180. The Balaban J connectivity index is 1.44. The molecule has 6 aromatic carbocycles. The molecule has 0 bridgehead atoms. The zero-order valence-corrected chi connectivity index (χ0v) is 23.1. The lowest BCUT2D eigenvalue weighted by molar-refractivity contribution is 1.17. The van der Waals surface area contributed by atoms with Crippen molar-refractivity contribution >= 4 is 51.0 Å². The highest BCUT2D eigenvalue weighted by Gasteiger charge is 2.43. The van der Waals surface area contributed by atoms with Gasteiger partial charge in [-0.05, 0) is 83.4 Å². The molecule has 0 unspecified atom stereocenters. The van der Waals surface area contributed by atoms with E-state index in [1.807, 2.05) is 0 Å². The highest BCUT2D eigenvalue weighted by molar-refractivity contribution is 6.93. The summed E-state index contributed by atoms with van der Waals surface area (Å²) in [5.41, 5.74) is 16.8. The first-order chi connectivity index (χ1) is 20.2.